The highest BCUT2D eigenvalue weighted by Crippen LogP contribution is 2.40. The molecule has 0 saturated heterocycles. The van der Waals surface area contributed by atoms with Crippen LogP contribution in [0.4, 0.5) is 0 Å². The molecule has 5 rings (SSSR count). The van der Waals surface area contributed by atoms with Crippen LogP contribution in [0, 0.1) is 11.3 Å². The molecule has 3 nitrogen and oxygen atoms in total. The van der Waals surface area contributed by atoms with E-state index >= 15 is 0 Å². The maximum Gasteiger partial charge on any atom is 0.144 e. The summed E-state index contributed by atoms with van der Waals surface area (Å²) in [6.07, 6.45) is 1.78. The number of benzene rings is 3. The first-order chi connectivity index (χ1) is 14.7. The summed E-state index contributed by atoms with van der Waals surface area (Å²) in [7, 11) is 0. The predicted octanol–water partition coefficient (Wildman–Crippen LogP) is 7.31. The largest absolute Gasteiger partial charge is 0.455 e. The molecule has 30 heavy (non-hydrogen) atoms. The van der Waals surface area contributed by atoms with E-state index in [0.717, 1.165) is 44.3 Å². The number of nitriles is 1. The molecule has 3 aromatic carbocycles. The minimum absolute atomic E-state index is 0.469. The van der Waals surface area contributed by atoms with Gasteiger partial charge in [-0.25, -0.2) is 0 Å². The van der Waals surface area contributed by atoms with Crippen LogP contribution < -0.4 is 0 Å². The van der Waals surface area contributed by atoms with Crippen LogP contribution in [0.5, 0.6) is 0 Å². The highest BCUT2D eigenvalue weighted by Gasteiger charge is 2.17. The Labute approximate surface area is 175 Å². The first-order valence-corrected chi connectivity index (χ1v) is 10.1. The quantitative estimate of drug-likeness (QED) is 0.325. The molecule has 0 aliphatic rings. The fraction of sp³-hybridized carbons (Fsp3) is 0.111. The number of pyridine rings is 1. The summed E-state index contributed by atoms with van der Waals surface area (Å²) in [4.78, 5) is 4.50. The smallest absolute Gasteiger partial charge is 0.144 e. The fourth-order valence-corrected chi connectivity index (χ4v) is 3.95. The molecule has 144 valence electrons. The van der Waals surface area contributed by atoms with Gasteiger partial charge in [-0.15, -0.1) is 0 Å². The lowest BCUT2D eigenvalue weighted by molar-refractivity contribution is 0.671. The Morgan fingerprint density at radius 3 is 2.33 bits per heavy atom. The third kappa shape index (κ3) is 2.94. The minimum Gasteiger partial charge on any atom is -0.455 e. The van der Waals surface area contributed by atoms with Gasteiger partial charge in [-0.3, -0.25) is 4.98 Å². The summed E-state index contributed by atoms with van der Waals surface area (Å²) < 4.78 is 6.45. The van der Waals surface area contributed by atoms with Gasteiger partial charge < -0.3 is 4.42 Å². The number of hydrogen-bond acceptors (Lipinski definition) is 3. The number of furan rings is 1. The average molecular weight is 388 g/mol. The summed E-state index contributed by atoms with van der Waals surface area (Å²) in [6, 6.07) is 26.6. The Kier molecular flexibility index (Phi) is 4.34. The topological polar surface area (TPSA) is 49.8 Å². The zero-order valence-corrected chi connectivity index (χ0v) is 16.9. The molecular weight excluding hydrogens is 368 g/mol. The van der Waals surface area contributed by atoms with Gasteiger partial charge in [0.1, 0.15) is 11.2 Å². The Balaban J connectivity index is 1.81. The average Bonchev–Trinajstić information content (AvgIpc) is 3.17. The van der Waals surface area contributed by atoms with Crippen LogP contribution in [0.25, 0.3) is 44.3 Å². The first kappa shape index (κ1) is 18.1. The van der Waals surface area contributed by atoms with Crippen molar-refractivity contribution in [3.05, 3.63) is 90.1 Å². The molecule has 0 radical (unpaired) electrons. The molecule has 0 aliphatic heterocycles. The number of para-hydroxylation sites is 1. The summed E-state index contributed by atoms with van der Waals surface area (Å²) in [5, 5.41) is 11.6. The Morgan fingerprint density at radius 1 is 0.833 bits per heavy atom. The number of rotatable bonds is 3. The van der Waals surface area contributed by atoms with Crippen LogP contribution in [0.2, 0.25) is 0 Å². The number of nitrogens with zero attached hydrogens (tertiary/aromatic N) is 2. The molecule has 0 N–H and O–H groups in total. The number of aromatic nitrogens is 1. The lowest BCUT2D eigenvalue weighted by Gasteiger charge is -2.08. The second-order valence-electron chi connectivity index (χ2n) is 7.79. The molecule has 0 amide bonds. The van der Waals surface area contributed by atoms with E-state index in [1.807, 2.05) is 48.5 Å². The van der Waals surface area contributed by atoms with Crippen molar-refractivity contribution in [2.45, 2.75) is 19.8 Å². The Bertz CT molecular complexity index is 1410. The first-order valence-electron chi connectivity index (χ1n) is 10.1. The number of hydrogen-bond donors (Lipinski definition) is 0. The van der Waals surface area contributed by atoms with Crippen molar-refractivity contribution < 1.29 is 4.42 Å². The van der Waals surface area contributed by atoms with E-state index in [2.05, 4.69) is 49.2 Å². The van der Waals surface area contributed by atoms with Crippen molar-refractivity contribution in [3.8, 4) is 28.5 Å². The highest BCUT2D eigenvalue weighted by molar-refractivity contribution is 6.13. The van der Waals surface area contributed by atoms with E-state index in [1.165, 1.54) is 5.56 Å². The van der Waals surface area contributed by atoms with Crippen molar-refractivity contribution in [1.82, 2.24) is 4.98 Å². The molecule has 0 spiro atoms. The molecule has 0 atom stereocenters. The Hall–Kier alpha value is -3.90. The molecule has 0 bridgehead atoms. The maximum absolute atomic E-state index is 9.64. The molecule has 0 unspecified atom stereocenters. The van der Waals surface area contributed by atoms with Gasteiger partial charge >= 0.3 is 0 Å². The van der Waals surface area contributed by atoms with Gasteiger partial charge in [-0.05, 0) is 47.4 Å². The lowest BCUT2D eigenvalue weighted by atomic mass is 9.96. The third-order valence-corrected chi connectivity index (χ3v) is 5.56. The van der Waals surface area contributed by atoms with Gasteiger partial charge in [-0.2, -0.15) is 5.26 Å². The maximum atomic E-state index is 9.64. The lowest BCUT2D eigenvalue weighted by Crippen LogP contribution is -1.87. The number of fused-ring (bicyclic) bond motifs is 3. The summed E-state index contributed by atoms with van der Waals surface area (Å²) in [5.41, 5.74) is 7.28. The van der Waals surface area contributed by atoms with Crippen LogP contribution >= 0.6 is 0 Å². The SMILES string of the molecule is CC(C)c1ccc(-c2cc(C#N)cc3c2oc2c(-c4ccccn4)cccc23)cc1. The van der Waals surface area contributed by atoms with Crippen molar-refractivity contribution in [2.75, 3.05) is 0 Å². The van der Waals surface area contributed by atoms with Crippen molar-refractivity contribution in [3.63, 3.8) is 0 Å². The van der Waals surface area contributed by atoms with Crippen LogP contribution in [-0.2, 0) is 0 Å². The van der Waals surface area contributed by atoms with Gasteiger partial charge in [0.15, 0.2) is 0 Å². The summed E-state index contributed by atoms with van der Waals surface area (Å²) >= 11 is 0. The fourth-order valence-electron chi connectivity index (χ4n) is 3.95. The van der Waals surface area contributed by atoms with E-state index in [-0.39, 0.29) is 0 Å². The molecule has 0 saturated carbocycles. The van der Waals surface area contributed by atoms with Gasteiger partial charge in [-0.1, -0.05) is 56.3 Å². The van der Waals surface area contributed by atoms with Crippen LogP contribution in [0.1, 0.15) is 30.9 Å². The standard InChI is InChI=1S/C27H20N2O/c1-17(2)19-9-11-20(12-10-19)23-14-18(16-28)15-24-21-6-5-7-22(26(21)30-27(23)24)25-8-3-4-13-29-25/h3-15,17H,1-2H3. The van der Waals surface area contributed by atoms with E-state index in [4.69, 9.17) is 4.42 Å². The monoisotopic (exact) mass is 388 g/mol. The zero-order chi connectivity index (χ0) is 20.7. The molecule has 2 aromatic heterocycles. The predicted molar refractivity (Wildman–Crippen MR) is 121 cm³/mol. The summed E-state index contributed by atoms with van der Waals surface area (Å²) in [5.74, 6) is 0.469. The second-order valence-corrected chi connectivity index (χ2v) is 7.79. The minimum atomic E-state index is 0.469. The third-order valence-electron chi connectivity index (χ3n) is 5.56. The van der Waals surface area contributed by atoms with Crippen molar-refractivity contribution in [2.24, 2.45) is 0 Å². The van der Waals surface area contributed by atoms with Gasteiger partial charge in [0.25, 0.3) is 0 Å². The van der Waals surface area contributed by atoms with Gasteiger partial charge in [0.05, 0.1) is 17.3 Å². The van der Waals surface area contributed by atoms with E-state index < -0.39 is 0 Å². The van der Waals surface area contributed by atoms with Gasteiger partial charge in [0.2, 0.25) is 0 Å². The van der Waals surface area contributed by atoms with Crippen molar-refractivity contribution >= 4 is 21.9 Å². The van der Waals surface area contributed by atoms with E-state index in [1.54, 1.807) is 6.20 Å². The zero-order valence-electron chi connectivity index (χ0n) is 16.9. The van der Waals surface area contributed by atoms with E-state index in [0.29, 0.717) is 11.5 Å². The molecule has 3 heteroatoms. The van der Waals surface area contributed by atoms with Crippen LogP contribution in [-0.4, -0.2) is 4.98 Å². The second kappa shape index (κ2) is 7.17. The molecule has 2 heterocycles. The molecular formula is C27H20N2O. The molecule has 0 fully saturated rings. The highest BCUT2D eigenvalue weighted by atomic mass is 16.3. The van der Waals surface area contributed by atoms with Crippen LogP contribution in [0.15, 0.2) is 83.4 Å². The Morgan fingerprint density at radius 2 is 1.63 bits per heavy atom. The van der Waals surface area contributed by atoms with Crippen molar-refractivity contribution in [1.29, 1.82) is 5.26 Å². The summed E-state index contributed by atoms with van der Waals surface area (Å²) in [6.45, 7) is 4.36. The van der Waals surface area contributed by atoms with Crippen LogP contribution in [0.3, 0.4) is 0 Å². The molecule has 5 aromatic rings. The molecule has 0 aliphatic carbocycles. The normalized spacial score (nSPS) is 11.3. The van der Waals surface area contributed by atoms with Gasteiger partial charge in [0, 0.05) is 28.1 Å². The van der Waals surface area contributed by atoms with E-state index in [9.17, 15) is 5.26 Å².